The van der Waals surface area contributed by atoms with Crippen LogP contribution in [0.4, 0.5) is 0 Å². The van der Waals surface area contributed by atoms with E-state index >= 15 is 0 Å². The normalized spacial score (nSPS) is 10.2. The monoisotopic (exact) mass is 418 g/mol. The van der Waals surface area contributed by atoms with Crippen LogP contribution < -0.4 is 9.47 Å². The Balaban J connectivity index is 1.90. The van der Waals surface area contributed by atoms with Gasteiger partial charge in [0.05, 0.1) is 4.47 Å². The first-order valence-electron chi connectivity index (χ1n) is 5.59. The fourth-order valence-electron chi connectivity index (χ4n) is 1.38. The summed E-state index contributed by atoms with van der Waals surface area (Å²) in [5.41, 5.74) is 0. The highest BCUT2D eigenvalue weighted by atomic mass is 79.9. The lowest BCUT2D eigenvalue weighted by molar-refractivity contribution is -0.136. The highest BCUT2D eigenvalue weighted by Gasteiger charge is 2.09. The number of ether oxygens (including phenoxy) is 2. The third-order valence-corrected chi connectivity index (χ3v) is 3.67. The van der Waals surface area contributed by atoms with Crippen molar-refractivity contribution in [2.45, 2.75) is 0 Å². The Morgan fingerprint density at radius 2 is 1.80 bits per heavy atom. The Labute approximate surface area is 138 Å². The number of carbonyl (C=O) groups is 1. The van der Waals surface area contributed by atoms with E-state index in [-0.39, 0.29) is 6.61 Å². The molecule has 0 aliphatic carbocycles. The Kier molecular flexibility index (Phi) is 5.46. The number of rotatable bonds is 4. The third kappa shape index (κ3) is 4.51. The fraction of sp³-hybridized carbons (Fsp3) is 0.0714. The number of benzene rings is 2. The summed E-state index contributed by atoms with van der Waals surface area (Å²) < 4.78 is 12.0. The molecule has 0 bridgehead atoms. The number of hydrogen-bond donors (Lipinski definition) is 0. The van der Waals surface area contributed by atoms with Gasteiger partial charge in [0.25, 0.3) is 0 Å². The van der Waals surface area contributed by atoms with Gasteiger partial charge in [0.1, 0.15) is 11.5 Å². The first kappa shape index (κ1) is 15.4. The van der Waals surface area contributed by atoms with Gasteiger partial charge in [-0.2, -0.15) is 0 Å². The average molecular weight is 420 g/mol. The van der Waals surface area contributed by atoms with E-state index in [2.05, 4.69) is 31.9 Å². The van der Waals surface area contributed by atoms with Gasteiger partial charge in [-0.05, 0) is 58.4 Å². The lowest BCUT2D eigenvalue weighted by Crippen LogP contribution is -2.17. The maximum absolute atomic E-state index is 11.7. The molecule has 6 heteroatoms. The molecule has 0 radical (unpaired) electrons. The van der Waals surface area contributed by atoms with Crippen LogP contribution in [0.1, 0.15) is 0 Å². The Hall–Kier alpha value is -1.04. The molecule has 2 aromatic carbocycles. The second-order valence-electron chi connectivity index (χ2n) is 3.79. The van der Waals surface area contributed by atoms with Crippen molar-refractivity contribution in [2.75, 3.05) is 6.61 Å². The van der Waals surface area contributed by atoms with Crippen LogP contribution in [0.5, 0.6) is 11.5 Å². The summed E-state index contributed by atoms with van der Waals surface area (Å²) in [6, 6.07) is 12.1. The van der Waals surface area contributed by atoms with Gasteiger partial charge >= 0.3 is 5.97 Å². The molecule has 0 amide bonds. The van der Waals surface area contributed by atoms with Crippen molar-refractivity contribution < 1.29 is 14.3 Å². The largest absolute Gasteiger partial charge is 0.482 e. The lowest BCUT2D eigenvalue weighted by atomic mass is 10.3. The molecule has 2 aromatic rings. The van der Waals surface area contributed by atoms with Gasteiger partial charge in [-0.3, -0.25) is 0 Å². The van der Waals surface area contributed by atoms with Crippen molar-refractivity contribution in [3.05, 3.63) is 56.4 Å². The van der Waals surface area contributed by atoms with Crippen molar-refractivity contribution in [2.24, 2.45) is 0 Å². The lowest BCUT2D eigenvalue weighted by Gasteiger charge is -2.08. The third-order valence-electron chi connectivity index (χ3n) is 2.29. The van der Waals surface area contributed by atoms with Crippen molar-refractivity contribution in [1.29, 1.82) is 0 Å². The van der Waals surface area contributed by atoms with Crippen LogP contribution in [0, 0.1) is 0 Å². The Morgan fingerprint density at radius 1 is 1.10 bits per heavy atom. The van der Waals surface area contributed by atoms with Crippen molar-refractivity contribution >= 4 is 49.4 Å². The predicted octanol–water partition coefficient (Wildman–Crippen LogP) is 4.85. The molecule has 0 heterocycles. The summed E-state index contributed by atoms with van der Waals surface area (Å²) in [6.45, 7) is -0.170. The van der Waals surface area contributed by atoms with Gasteiger partial charge in [-0.1, -0.05) is 27.5 Å². The van der Waals surface area contributed by atoms with Crippen LogP contribution in [0.15, 0.2) is 51.4 Å². The van der Waals surface area contributed by atoms with Crippen molar-refractivity contribution in [3.8, 4) is 11.5 Å². The molecular weight excluding hydrogens is 411 g/mol. The summed E-state index contributed by atoms with van der Waals surface area (Å²) >= 11 is 12.4. The SMILES string of the molecule is O=C(COc1ccc(Br)cc1)Oc1ccc(Cl)cc1Br. The van der Waals surface area contributed by atoms with Crippen LogP contribution in [0.2, 0.25) is 5.02 Å². The molecule has 0 N–H and O–H groups in total. The van der Waals surface area contributed by atoms with Crippen LogP contribution in [-0.4, -0.2) is 12.6 Å². The molecule has 20 heavy (non-hydrogen) atoms. The molecule has 0 unspecified atom stereocenters. The second-order valence-corrected chi connectivity index (χ2v) is 6.00. The Bertz CT molecular complexity index is 614. The smallest absolute Gasteiger partial charge is 0.349 e. The van der Waals surface area contributed by atoms with Gasteiger partial charge in [-0.15, -0.1) is 0 Å². The molecule has 3 nitrogen and oxygen atoms in total. The van der Waals surface area contributed by atoms with Crippen LogP contribution >= 0.6 is 43.5 Å². The van der Waals surface area contributed by atoms with E-state index in [4.69, 9.17) is 21.1 Å². The maximum atomic E-state index is 11.7. The molecule has 0 aromatic heterocycles. The van der Waals surface area contributed by atoms with Crippen LogP contribution in [-0.2, 0) is 4.79 Å². The minimum atomic E-state index is -0.490. The molecule has 104 valence electrons. The first-order chi connectivity index (χ1) is 9.54. The molecular formula is C14H9Br2ClO3. The van der Waals surface area contributed by atoms with Crippen LogP contribution in [0.25, 0.3) is 0 Å². The predicted molar refractivity (Wildman–Crippen MR) is 84.4 cm³/mol. The van der Waals surface area contributed by atoms with Gasteiger partial charge in [0, 0.05) is 9.50 Å². The number of hydrogen-bond acceptors (Lipinski definition) is 3. The highest BCUT2D eigenvalue weighted by Crippen LogP contribution is 2.28. The summed E-state index contributed by atoms with van der Waals surface area (Å²) in [4.78, 5) is 11.7. The van der Waals surface area contributed by atoms with E-state index in [1.807, 2.05) is 12.1 Å². The highest BCUT2D eigenvalue weighted by molar-refractivity contribution is 9.10. The molecule has 0 spiro atoms. The zero-order valence-corrected chi connectivity index (χ0v) is 14.0. The van der Waals surface area contributed by atoms with Gasteiger partial charge < -0.3 is 9.47 Å². The summed E-state index contributed by atoms with van der Waals surface area (Å²) in [5, 5.41) is 0.558. The standard InChI is InChI=1S/C14H9Br2ClO3/c15-9-1-4-11(5-2-9)19-8-14(18)20-13-6-3-10(17)7-12(13)16/h1-7H,8H2. The van der Waals surface area contributed by atoms with Gasteiger partial charge in [0.2, 0.25) is 0 Å². The Morgan fingerprint density at radius 3 is 2.45 bits per heavy atom. The van der Waals surface area contributed by atoms with E-state index in [9.17, 15) is 4.79 Å². The molecule has 0 aliphatic rings. The topological polar surface area (TPSA) is 35.5 Å². The zero-order chi connectivity index (χ0) is 14.5. The van der Waals surface area contributed by atoms with Crippen molar-refractivity contribution in [1.82, 2.24) is 0 Å². The molecule has 0 aliphatic heterocycles. The van der Waals surface area contributed by atoms with Gasteiger partial charge in [-0.25, -0.2) is 4.79 Å². The van der Waals surface area contributed by atoms with E-state index in [0.717, 1.165) is 4.47 Å². The average Bonchev–Trinajstić information content (AvgIpc) is 2.41. The van der Waals surface area contributed by atoms with E-state index in [1.165, 1.54) is 0 Å². The molecule has 0 atom stereocenters. The fourth-order valence-corrected chi connectivity index (χ4v) is 2.41. The molecule has 0 fully saturated rings. The zero-order valence-electron chi connectivity index (χ0n) is 10.1. The quantitative estimate of drug-likeness (QED) is 0.524. The minimum absolute atomic E-state index is 0.170. The van der Waals surface area contributed by atoms with E-state index in [0.29, 0.717) is 21.0 Å². The first-order valence-corrected chi connectivity index (χ1v) is 7.55. The number of esters is 1. The molecule has 0 saturated heterocycles. The van der Waals surface area contributed by atoms with Crippen LogP contribution in [0.3, 0.4) is 0 Å². The summed E-state index contributed by atoms with van der Waals surface area (Å²) in [5.74, 6) is 0.509. The van der Waals surface area contributed by atoms with Crippen molar-refractivity contribution in [3.63, 3.8) is 0 Å². The summed E-state index contributed by atoms with van der Waals surface area (Å²) in [7, 11) is 0. The second kappa shape index (κ2) is 7.11. The molecule has 2 rings (SSSR count). The number of halogens is 3. The minimum Gasteiger partial charge on any atom is -0.482 e. The molecule has 0 saturated carbocycles. The van der Waals surface area contributed by atoms with E-state index < -0.39 is 5.97 Å². The van der Waals surface area contributed by atoms with Gasteiger partial charge in [0.15, 0.2) is 6.61 Å². The maximum Gasteiger partial charge on any atom is 0.349 e. The number of carbonyl (C=O) groups excluding carboxylic acids is 1. The van der Waals surface area contributed by atoms with E-state index in [1.54, 1.807) is 30.3 Å². The summed E-state index contributed by atoms with van der Waals surface area (Å²) in [6.07, 6.45) is 0.